The van der Waals surface area contributed by atoms with E-state index in [-0.39, 0.29) is 17.8 Å². The standard InChI is InChI=1S/C22H17N5O3/c1-13-11-12-17(29-13)21-26-27-22(30-21)25-19-20(28)23-16-10-6-5-9-15(16)18(24-19)14-7-3-2-4-8-14/h2-12,19H,1H3,(H,23,28)(H,25,27)/t19-/m1/s1. The minimum atomic E-state index is -0.959. The van der Waals surface area contributed by atoms with Crippen molar-refractivity contribution in [3.05, 3.63) is 83.6 Å². The van der Waals surface area contributed by atoms with E-state index >= 15 is 0 Å². The number of para-hydroxylation sites is 1. The lowest BCUT2D eigenvalue weighted by molar-refractivity contribution is -0.116. The molecule has 0 unspecified atom stereocenters. The molecule has 2 aromatic carbocycles. The zero-order valence-electron chi connectivity index (χ0n) is 16.0. The molecule has 0 saturated heterocycles. The molecule has 0 saturated carbocycles. The minimum Gasteiger partial charge on any atom is -0.456 e. The lowest BCUT2D eigenvalue weighted by Gasteiger charge is -2.11. The van der Waals surface area contributed by atoms with Crippen molar-refractivity contribution in [2.45, 2.75) is 13.1 Å². The number of benzodiazepines with no additional fused rings is 1. The summed E-state index contributed by atoms with van der Waals surface area (Å²) in [6.07, 6.45) is -0.959. The molecule has 5 rings (SSSR count). The Morgan fingerprint density at radius 1 is 0.933 bits per heavy atom. The molecule has 8 nitrogen and oxygen atoms in total. The third-order valence-corrected chi connectivity index (χ3v) is 4.63. The zero-order chi connectivity index (χ0) is 20.5. The summed E-state index contributed by atoms with van der Waals surface area (Å²) in [6.45, 7) is 1.83. The van der Waals surface area contributed by atoms with Gasteiger partial charge < -0.3 is 19.5 Å². The minimum absolute atomic E-state index is 0.0707. The van der Waals surface area contributed by atoms with Crippen LogP contribution in [0.1, 0.15) is 16.9 Å². The lowest BCUT2D eigenvalue weighted by Crippen LogP contribution is -2.32. The summed E-state index contributed by atoms with van der Waals surface area (Å²) in [5.74, 6) is 1.08. The maximum atomic E-state index is 12.8. The van der Waals surface area contributed by atoms with Crippen molar-refractivity contribution in [3.63, 3.8) is 0 Å². The van der Waals surface area contributed by atoms with E-state index in [1.54, 1.807) is 12.1 Å². The molecule has 0 fully saturated rings. The van der Waals surface area contributed by atoms with Gasteiger partial charge in [0.1, 0.15) is 5.76 Å². The Labute approximate surface area is 171 Å². The fourth-order valence-corrected chi connectivity index (χ4v) is 3.23. The van der Waals surface area contributed by atoms with Gasteiger partial charge >= 0.3 is 6.01 Å². The summed E-state index contributed by atoms with van der Waals surface area (Å²) in [7, 11) is 0. The van der Waals surface area contributed by atoms with Crippen LogP contribution in [0.4, 0.5) is 11.7 Å². The molecule has 148 valence electrons. The van der Waals surface area contributed by atoms with Crippen LogP contribution in [0.2, 0.25) is 0 Å². The Morgan fingerprint density at radius 3 is 2.53 bits per heavy atom. The zero-order valence-corrected chi connectivity index (χ0v) is 16.0. The predicted octanol–water partition coefficient (Wildman–Crippen LogP) is 3.87. The van der Waals surface area contributed by atoms with Crippen molar-refractivity contribution < 1.29 is 13.6 Å². The molecular weight excluding hydrogens is 382 g/mol. The van der Waals surface area contributed by atoms with E-state index in [0.29, 0.717) is 17.2 Å². The number of hydrogen-bond acceptors (Lipinski definition) is 7. The Bertz CT molecular complexity index is 1240. The fourth-order valence-electron chi connectivity index (χ4n) is 3.23. The summed E-state index contributed by atoms with van der Waals surface area (Å²) < 4.78 is 11.1. The van der Waals surface area contributed by atoms with E-state index in [9.17, 15) is 4.79 Å². The fraction of sp³-hybridized carbons (Fsp3) is 0.0909. The van der Waals surface area contributed by atoms with Crippen LogP contribution in [0.15, 0.2) is 80.6 Å². The quantitative estimate of drug-likeness (QED) is 0.540. The van der Waals surface area contributed by atoms with Crippen LogP contribution in [0.3, 0.4) is 0 Å². The van der Waals surface area contributed by atoms with Gasteiger partial charge in [-0.05, 0) is 25.1 Å². The van der Waals surface area contributed by atoms with Crippen LogP contribution in [0, 0.1) is 6.92 Å². The Balaban J connectivity index is 1.51. The van der Waals surface area contributed by atoms with Gasteiger partial charge in [0.2, 0.25) is 6.17 Å². The predicted molar refractivity (Wildman–Crippen MR) is 111 cm³/mol. The molecule has 1 amide bonds. The van der Waals surface area contributed by atoms with Gasteiger partial charge in [0.25, 0.3) is 11.8 Å². The normalized spacial score (nSPS) is 15.7. The first-order valence-electron chi connectivity index (χ1n) is 9.38. The largest absolute Gasteiger partial charge is 0.456 e. The number of hydrogen-bond donors (Lipinski definition) is 2. The lowest BCUT2D eigenvalue weighted by atomic mass is 10.0. The van der Waals surface area contributed by atoms with Crippen LogP contribution in [0.25, 0.3) is 11.7 Å². The molecule has 1 aliphatic heterocycles. The van der Waals surface area contributed by atoms with E-state index < -0.39 is 6.17 Å². The Kier molecular flexibility index (Phi) is 4.36. The summed E-state index contributed by atoms with van der Waals surface area (Å²) in [5.41, 5.74) is 3.10. The van der Waals surface area contributed by atoms with Gasteiger partial charge in [-0.2, -0.15) is 0 Å². The van der Waals surface area contributed by atoms with E-state index in [0.717, 1.165) is 16.9 Å². The van der Waals surface area contributed by atoms with Gasteiger partial charge in [0.05, 0.1) is 11.4 Å². The highest BCUT2D eigenvalue weighted by Crippen LogP contribution is 2.26. The number of amides is 1. The Morgan fingerprint density at radius 2 is 1.73 bits per heavy atom. The topological polar surface area (TPSA) is 106 Å². The summed E-state index contributed by atoms with van der Waals surface area (Å²) in [5, 5.41) is 13.8. The maximum absolute atomic E-state index is 12.8. The molecule has 1 atom stereocenters. The SMILES string of the molecule is Cc1ccc(-c2nnc(N[C@H]3N=C(c4ccccc4)c4ccccc4NC3=O)o2)o1. The molecule has 4 aromatic rings. The Hall–Kier alpha value is -4.20. The number of furan rings is 1. The molecule has 0 spiro atoms. The summed E-state index contributed by atoms with van der Waals surface area (Å²) >= 11 is 0. The van der Waals surface area contributed by atoms with Crippen LogP contribution >= 0.6 is 0 Å². The van der Waals surface area contributed by atoms with Crippen molar-refractivity contribution >= 4 is 23.3 Å². The average Bonchev–Trinajstić information content (AvgIpc) is 3.38. The summed E-state index contributed by atoms with van der Waals surface area (Å²) in [6, 6.07) is 20.9. The number of carbonyl (C=O) groups excluding carboxylic acids is 1. The van der Waals surface area contributed by atoms with E-state index in [1.165, 1.54) is 0 Å². The molecular formula is C22H17N5O3. The molecule has 0 bridgehead atoms. The second-order valence-corrected chi connectivity index (χ2v) is 6.75. The molecule has 0 radical (unpaired) electrons. The van der Waals surface area contributed by atoms with Crippen LogP contribution in [0.5, 0.6) is 0 Å². The summed E-state index contributed by atoms with van der Waals surface area (Å²) in [4.78, 5) is 17.5. The molecule has 1 aliphatic rings. The smallest absolute Gasteiger partial charge is 0.317 e. The highest BCUT2D eigenvalue weighted by Gasteiger charge is 2.27. The molecule has 2 aromatic heterocycles. The monoisotopic (exact) mass is 399 g/mol. The molecule has 3 heterocycles. The number of rotatable bonds is 4. The number of nitrogens with zero attached hydrogens (tertiary/aromatic N) is 3. The molecule has 0 aliphatic carbocycles. The van der Waals surface area contributed by atoms with Gasteiger partial charge in [0, 0.05) is 11.1 Å². The third kappa shape index (κ3) is 3.35. The van der Waals surface area contributed by atoms with Gasteiger partial charge in [-0.25, -0.2) is 4.99 Å². The molecule has 8 heteroatoms. The van der Waals surface area contributed by atoms with E-state index in [1.807, 2.05) is 61.5 Å². The first kappa shape index (κ1) is 17.9. The number of benzene rings is 2. The van der Waals surface area contributed by atoms with Crippen molar-refractivity contribution in [1.82, 2.24) is 10.2 Å². The number of carbonyl (C=O) groups is 1. The average molecular weight is 399 g/mol. The number of fused-ring (bicyclic) bond motifs is 1. The maximum Gasteiger partial charge on any atom is 0.317 e. The van der Waals surface area contributed by atoms with Crippen molar-refractivity contribution in [3.8, 4) is 11.7 Å². The highest BCUT2D eigenvalue weighted by atomic mass is 16.4. The van der Waals surface area contributed by atoms with Gasteiger partial charge in [0.15, 0.2) is 5.76 Å². The second kappa shape index (κ2) is 7.32. The first-order valence-corrected chi connectivity index (χ1v) is 9.38. The van der Waals surface area contributed by atoms with Crippen LogP contribution in [-0.4, -0.2) is 28.0 Å². The van der Waals surface area contributed by atoms with Gasteiger partial charge in [-0.15, -0.1) is 5.10 Å². The number of anilines is 2. The van der Waals surface area contributed by atoms with Crippen molar-refractivity contribution in [1.29, 1.82) is 0 Å². The van der Waals surface area contributed by atoms with Crippen molar-refractivity contribution in [2.75, 3.05) is 10.6 Å². The van der Waals surface area contributed by atoms with Crippen LogP contribution < -0.4 is 10.6 Å². The van der Waals surface area contributed by atoms with Crippen molar-refractivity contribution in [2.24, 2.45) is 4.99 Å². The highest BCUT2D eigenvalue weighted by molar-refractivity contribution is 6.19. The molecule has 2 N–H and O–H groups in total. The van der Waals surface area contributed by atoms with Gasteiger partial charge in [-0.3, -0.25) is 4.79 Å². The number of nitrogens with one attached hydrogen (secondary N) is 2. The van der Waals surface area contributed by atoms with E-state index in [4.69, 9.17) is 13.8 Å². The number of aromatic nitrogens is 2. The van der Waals surface area contributed by atoms with Crippen LogP contribution in [-0.2, 0) is 4.79 Å². The number of aliphatic imine (C=N–C) groups is 1. The number of aryl methyl sites for hydroxylation is 1. The third-order valence-electron chi connectivity index (χ3n) is 4.63. The van der Waals surface area contributed by atoms with E-state index in [2.05, 4.69) is 20.8 Å². The first-order chi connectivity index (χ1) is 14.7. The molecule has 30 heavy (non-hydrogen) atoms. The van der Waals surface area contributed by atoms with Gasteiger partial charge in [-0.1, -0.05) is 53.6 Å². The second-order valence-electron chi connectivity index (χ2n) is 6.75.